The van der Waals surface area contributed by atoms with Crippen LogP contribution >= 0.6 is 22.6 Å². The first kappa shape index (κ1) is 25.1. The number of benzene rings is 1. The highest BCUT2D eigenvalue weighted by atomic mass is 127. The lowest BCUT2D eigenvalue weighted by atomic mass is 9.62. The monoisotopic (exact) mass is 542 g/mol. The topological polar surface area (TPSA) is 49.7 Å². The van der Waals surface area contributed by atoms with Gasteiger partial charge in [0, 0.05) is 18.1 Å². The summed E-state index contributed by atoms with van der Waals surface area (Å²) in [5.74, 6) is 2.31. The molecule has 1 aliphatic carbocycles. The van der Waals surface area contributed by atoms with Gasteiger partial charge in [-0.05, 0) is 84.8 Å². The number of fused-ring (bicyclic) bond motifs is 3. The molecule has 1 fully saturated rings. The van der Waals surface area contributed by atoms with Gasteiger partial charge in [-0.2, -0.15) is 0 Å². The number of aliphatic hydroxyl groups excluding tert-OH is 1. The predicted octanol–water partition coefficient (Wildman–Crippen LogP) is 7.50. The van der Waals surface area contributed by atoms with Crippen molar-refractivity contribution in [1.82, 2.24) is 0 Å². The normalized spacial score (nSPS) is 28.0. The number of phenolic OH excluding ortho intramolecular Hbond substituents is 1. The summed E-state index contributed by atoms with van der Waals surface area (Å²) in [5, 5.41) is 21.1. The van der Waals surface area contributed by atoms with Crippen molar-refractivity contribution in [2.24, 2.45) is 11.8 Å². The van der Waals surface area contributed by atoms with Crippen LogP contribution in [0.4, 0.5) is 0 Å². The van der Waals surface area contributed by atoms with Crippen LogP contribution in [0, 0.1) is 11.8 Å². The summed E-state index contributed by atoms with van der Waals surface area (Å²) in [5.41, 5.74) is 2.00. The van der Waals surface area contributed by atoms with Crippen LogP contribution < -0.4 is 4.74 Å². The van der Waals surface area contributed by atoms with Crippen LogP contribution in [0.3, 0.4) is 0 Å². The van der Waals surface area contributed by atoms with Gasteiger partial charge in [0.05, 0.1) is 0 Å². The van der Waals surface area contributed by atoms with Crippen molar-refractivity contribution in [2.45, 2.75) is 109 Å². The average Bonchev–Trinajstić information content (AvgIpc) is 2.74. The number of aromatic hydroxyl groups is 1. The molecule has 0 bridgehead atoms. The van der Waals surface area contributed by atoms with Gasteiger partial charge in [0.1, 0.15) is 17.1 Å². The number of phenols is 1. The van der Waals surface area contributed by atoms with Gasteiger partial charge in [-0.1, -0.05) is 69.0 Å². The molecule has 0 radical (unpaired) electrons. The molecule has 1 aromatic rings. The van der Waals surface area contributed by atoms with Crippen LogP contribution in [-0.2, 0) is 5.41 Å². The molecule has 4 atom stereocenters. The first-order chi connectivity index (χ1) is 14.8. The summed E-state index contributed by atoms with van der Waals surface area (Å²) in [6.45, 7) is 9.37. The molecule has 176 valence electrons. The van der Waals surface area contributed by atoms with Crippen LogP contribution in [0.2, 0.25) is 0 Å². The maximum atomic E-state index is 11.2. The van der Waals surface area contributed by atoms with Gasteiger partial charge in [0.25, 0.3) is 0 Å². The lowest BCUT2D eigenvalue weighted by molar-refractivity contribution is -0.0406. The molecule has 0 saturated heterocycles. The zero-order chi connectivity index (χ0) is 22.6. The van der Waals surface area contributed by atoms with E-state index in [4.69, 9.17) is 4.74 Å². The van der Waals surface area contributed by atoms with Crippen molar-refractivity contribution in [3.05, 3.63) is 23.3 Å². The molecule has 2 N–H and O–H groups in total. The van der Waals surface area contributed by atoms with Gasteiger partial charge < -0.3 is 14.9 Å². The van der Waals surface area contributed by atoms with Crippen molar-refractivity contribution < 1.29 is 14.9 Å². The molecular weight excluding hydrogens is 499 g/mol. The smallest absolute Gasteiger partial charge is 0.127 e. The van der Waals surface area contributed by atoms with E-state index in [1.807, 2.05) is 6.07 Å². The SMILES string of the molecule is CCCCCCC(C)(C)c1cc(O)c2c(c1)O[C@@](C)(CCCI)[C@@H]1CC[C@@H](CO)C[C@@H]21. The maximum absolute atomic E-state index is 11.2. The Morgan fingerprint density at radius 2 is 1.94 bits per heavy atom. The molecular formula is C27H43IO3. The van der Waals surface area contributed by atoms with Gasteiger partial charge in [0.15, 0.2) is 0 Å². The molecule has 3 nitrogen and oxygen atoms in total. The second kappa shape index (κ2) is 10.6. The van der Waals surface area contributed by atoms with Crippen LogP contribution in [0.25, 0.3) is 0 Å². The Bertz CT molecular complexity index is 731. The minimum absolute atomic E-state index is 0.0132. The molecule has 1 aliphatic heterocycles. The van der Waals surface area contributed by atoms with Crippen LogP contribution in [0.1, 0.15) is 109 Å². The van der Waals surface area contributed by atoms with Crippen molar-refractivity contribution in [1.29, 1.82) is 0 Å². The number of rotatable bonds is 10. The van der Waals surface area contributed by atoms with Crippen molar-refractivity contribution in [2.75, 3.05) is 11.0 Å². The molecule has 1 aromatic carbocycles. The number of hydrogen-bond donors (Lipinski definition) is 2. The molecule has 0 spiro atoms. The number of hydrogen-bond acceptors (Lipinski definition) is 3. The maximum Gasteiger partial charge on any atom is 0.127 e. The second-order valence-electron chi connectivity index (χ2n) is 10.9. The number of halogens is 1. The fourth-order valence-corrected chi connectivity index (χ4v) is 6.43. The Labute approximate surface area is 203 Å². The molecule has 31 heavy (non-hydrogen) atoms. The standard InChI is InChI=1S/C27H43IO3/c1-5-6-7-8-12-26(2,3)20-16-23(30)25-21-15-19(18-29)10-11-22(21)27(4,13-9-14-28)31-24(25)17-20/h16-17,19,21-22,29-30H,5-15,18H2,1-4H3/t19-,21-,22-,27+/m1/s1. The van der Waals surface area contributed by atoms with Crippen LogP contribution in [0.15, 0.2) is 12.1 Å². The minimum atomic E-state index is -0.195. The molecule has 4 heteroatoms. The summed E-state index contributed by atoms with van der Waals surface area (Å²) >= 11 is 2.46. The summed E-state index contributed by atoms with van der Waals surface area (Å²) in [6.07, 6.45) is 11.4. The lowest BCUT2D eigenvalue weighted by Gasteiger charge is -2.51. The molecule has 1 heterocycles. The third-order valence-electron chi connectivity index (χ3n) is 8.08. The van der Waals surface area contributed by atoms with E-state index >= 15 is 0 Å². The Hall–Kier alpha value is -0.490. The Morgan fingerprint density at radius 3 is 2.61 bits per heavy atom. The van der Waals surface area contributed by atoms with E-state index < -0.39 is 0 Å². The summed E-state index contributed by atoms with van der Waals surface area (Å²) in [7, 11) is 0. The van der Waals surface area contributed by atoms with E-state index in [2.05, 4.69) is 56.4 Å². The van der Waals surface area contributed by atoms with E-state index in [1.54, 1.807) is 0 Å². The third-order valence-corrected chi connectivity index (χ3v) is 8.84. The Balaban J connectivity index is 1.95. The van der Waals surface area contributed by atoms with E-state index in [9.17, 15) is 10.2 Å². The number of aliphatic hydroxyl groups is 1. The average molecular weight is 543 g/mol. The molecule has 2 aliphatic rings. The highest BCUT2D eigenvalue weighted by Crippen LogP contribution is 2.57. The van der Waals surface area contributed by atoms with Gasteiger partial charge in [-0.25, -0.2) is 0 Å². The van der Waals surface area contributed by atoms with E-state index in [0.717, 1.165) is 54.3 Å². The summed E-state index contributed by atoms with van der Waals surface area (Å²) in [6, 6.07) is 4.24. The van der Waals surface area contributed by atoms with Gasteiger partial charge in [-0.3, -0.25) is 0 Å². The highest BCUT2D eigenvalue weighted by molar-refractivity contribution is 14.1. The van der Waals surface area contributed by atoms with Crippen molar-refractivity contribution >= 4 is 22.6 Å². The second-order valence-corrected chi connectivity index (χ2v) is 12.0. The minimum Gasteiger partial charge on any atom is -0.508 e. The molecule has 1 saturated carbocycles. The van der Waals surface area contributed by atoms with Gasteiger partial charge in [-0.15, -0.1) is 0 Å². The Morgan fingerprint density at radius 1 is 1.16 bits per heavy atom. The molecule has 3 rings (SSSR count). The fourth-order valence-electron chi connectivity index (χ4n) is 6.05. The first-order valence-electron chi connectivity index (χ1n) is 12.5. The highest BCUT2D eigenvalue weighted by Gasteiger charge is 2.49. The van der Waals surface area contributed by atoms with Crippen LogP contribution in [0.5, 0.6) is 11.5 Å². The first-order valence-corrected chi connectivity index (χ1v) is 14.0. The Kier molecular flexibility index (Phi) is 8.62. The fraction of sp³-hybridized carbons (Fsp3) is 0.778. The number of unbranched alkanes of at least 4 members (excludes halogenated alkanes) is 3. The van der Waals surface area contributed by atoms with E-state index in [-0.39, 0.29) is 23.5 Å². The molecule has 0 unspecified atom stereocenters. The van der Waals surface area contributed by atoms with Gasteiger partial charge >= 0.3 is 0 Å². The lowest BCUT2D eigenvalue weighted by Crippen LogP contribution is -2.49. The largest absolute Gasteiger partial charge is 0.508 e. The predicted molar refractivity (Wildman–Crippen MR) is 138 cm³/mol. The number of alkyl halides is 1. The number of ether oxygens (including phenoxy) is 1. The molecule has 0 aromatic heterocycles. The zero-order valence-electron chi connectivity index (χ0n) is 20.1. The van der Waals surface area contributed by atoms with Crippen molar-refractivity contribution in [3.8, 4) is 11.5 Å². The molecule has 0 amide bonds. The van der Waals surface area contributed by atoms with Gasteiger partial charge in [0.2, 0.25) is 0 Å². The third kappa shape index (κ3) is 5.54. The summed E-state index contributed by atoms with van der Waals surface area (Å²) < 4.78 is 7.93. The summed E-state index contributed by atoms with van der Waals surface area (Å²) in [4.78, 5) is 0. The van der Waals surface area contributed by atoms with E-state index in [0.29, 0.717) is 17.6 Å². The van der Waals surface area contributed by atoms with E-state index in [1.165, 1.54) is 31.2 Å². The van der Waals surface area contributed by atoms with Crippen LogP contribution in [-0.4, -0.2) is 26.8 Å². The zero-order valence-corrected chi connectivity index (χ0v) is 22.2. The quantitative estimate of drug-likeness (QED) is 0.183. The van der Waals surface area contributed by atoms with Crippen molar-refractivity contribution in [3.63, 3.8) is 0 Å².